The summed E-state index contributed by atoms with van der Waals surface area (Å²) in [5.41, 5.74) is 1.23. The van der Waals surface area contributed by atoms with Crippen LogP contribution in [0.15, 0.2) is 29.3 Å². The number of piperidine rings is 1. The van der Waals surface area contributed by atoms with E-state index in [1.165, 1.54) is 44.9 Å². The minimum atomic E-state index is 0.181. The van der Waals surface area contributed by atoms with E-state index in [4.69, 9.17) is 9.97 Å². The summed E-state index contributed by atoms with van der Waals surface area (Å²) in [6.45, 7) is 4.07. The van der Waals surface area contributed by atoms with Gasteiger partial charge in [0.15, 0.2) is 0 Å². The van der Waals surface area contributed by atoms with E-state index < -0.39 is 0 Å². The fourth-order valence-corrected chi connectivity index (χ4v) is 8.34. The highest BCUT2D eigenvalue weighted by atomic mass is 32.2. The number of likely N-dealkylation sites (tertiary alicyclic amines) is 1. The van der Waals surface area contributed by atoms with Crippen LogP contribution in [-0.2, 0) is 10.2 Å². The Kier molecular flexibility index (Phi) is 5.01. The molecule has 2 heterocycles. The van der Waals surface area contributed by atoms with Gasteiger partial charge < -0.3 is 4.90 Å². The molecule has 4 bridgehead atoms. The van der Waals surface area contributed by atoms with Crippen molar-refractivity contribution in [1.82, 2.24) is 14.9 Å². The monoisotopic (exact) mass is 435 g/mol. The number of hydrogen-bond acceptors (Lipinski definition) is 4. The maximum atomic E-state index is 12.9. The van der Waals surface area contributed by atoms with Crippen molar-refractivity contribution in [2.75, 3.05) is 18.8 Å². The molecule has 4 nitrogen and oxygen atoms in total. The maximum absolute atomic E-state index is 12.9. The van der Waals surface area contributed by atoms with E-state index in [2.05, 4.69) is 36.1 Å². The van der Waals surface area contributed by atoms with E-state index in [1.807, 2.05) is 0 Å². The number of fused-ring (bicyclic) bond motifs is 1. The predicted molar refractivity (Wildman–Crippen MR) is 125 cm³/mol. The third kappa shape index (κ3) is 3.67. The minimum Gasteiger partial charge on any atom is -0.342 e. The Bertz CT molecular complexity index is 970. The number of thioether (sulfide) groups is 1. The number of nitrogens with zero attached hydrogens (tertiary/aromatic N) is 3. The Morgan fingerprint density at radius 3 is 2.52 bits per heavy atom. The summed E-state index contributed by atoms with van der Waals surface area (Å²) in [6, 6.07) is 8.38. The summed E-state index contributed by atoms with van der Waals surface area (Å²) in [7, 11) is 0. The van der Waals surface area contributed by atoms with Crippen LogP contribution < -0.4 is 0 Å². The van der Waals surface area contributed by atoms with Gasteiger partial charge in [0.1, 0.15) is 10.9 Å². The lowest BCUT2D eigenvalue weighted by atomic mass is 9.49. The van der Waals surface area contributed by atoms with Crippen molar-refractivity contribution in [3.63, 3.8) is 0 Å². The number of carbonyl (C=O) groups excluding carboxylic acids is 1. The smallest absolute Gasteiger partial charge is 0.232 e. The lowest BCUT2D eigenvalue weighted by molar-refractivity contribution is -0.130. The van der Waals surface area contributed by atoms with E-state index in [0.29, 0.717) is 11.7 Å². The average Bonchev–Trinajstić information content (AvgIpc) is 2.76. The van der Waals surface area contributed by atoms with Gasteiger partial charge in [-0.2, -0.15) is 0 Å². The van der Waals surface area contributed by atoms with Gasteiger partial charge in [-0.05, 0) is 81.1 Å². The number of aromatic nitrogens is 2. The van der Waals surface area contributed by atoms with Crippen molar-refractivity contribution in [1.29, 1.82) is 0 Å². The lowest BCUT2D eigenvalue weighted by Crippen LogP contribution is -2.49. The number of carbonyl (C=O) groups is 1. The van der Waals surface area contributed by atoms with Gasteiger partial charge in [0.25, 0.3) is 0 Å². The Balaban J connectivity index is 1.30. The van der Waals surface area contributed by atoms with Crippen LogP contribution >= 0.6 is 11.8 Å². The zero-order valence-electron chi connectivity index (χ0n) is 18.6. The van der Waals surface area contributed by atoms with Gasteiger partial charge in [-0.25, -0.2) is 9.97 Å². The second kappa shape index (κ2) is 7.75. The summed E-state index contributed by atoms with van der Waals surface area (Å²) in [5.74, 6) is 5.06. The molecule has 5 fully saturated rings. The molecule has 1 amide bonds. The van der Waals surface area contributed by atoms with Crippen molar-refractivity contribution in [2.24, 2.45) is 23.7 Å². The predicted octanol–water partition coefficient (Wildman–Crippen LogP) is 5.45. The molecule has 1 aliphatic heterocycles. The largest absolute Gasteiger partial charge is 0.342 e. The molecule has 1 atom stereocenters. The first-order valence-electron chi connectivity index (χ1n) is 12.3. The van der Waals surface area contributed by atoms with Crippen LogP contribution in [0.1, 0.15) is 64.1 Å². The first-order chi connectivity index (χ1) is 15.1. The van der Waals surface area contributed by atoms with Crippen molar-refractivity contribution < 1.29 is 4.79 Å². The average molecular weight is 436 g/mol. The van der Waals surface area contributed by atoms with Gasteiger partial charge >= 0.3 is 0 Å². The van der Waals surface area contributed by atoms with Crippen molar-refractivity contribution in [2.45, 2.75) is 68.7 Å². The molecule has 0 radical (unpaired) electrons. The zero-order chi connectivity index (χ0) is 21.0. The molecule has 5 heteroatoms. The Morgan fingerprint density at radius 2 is 1.81 bits per heavy atom. The van der Waals surface area contributed by atoms with Crippen molar-refractivity contribution in [3.05, 3.63) is 30.1 Å². The lowest BCUT2D eigenvalue weighted by Gasteiger charge is -2.56. The van der Waals surface area contributed by atoms with E-state index in [1.54, 1.807) is 11.8 Å². The molecule has 2 aromatic rings. The SMILES string of the molecule is C[C@@H]1CCCN(C(=O)CSc2nc(C34CC5CC(CC(C5)C3)C4)nc3ccccc23)C1. The third-order valence-electron chi connectivity index (χ3n) is 8.42. The van der Waals surface area contributed by atoms with Crippen LogP contribution in [0, 0.1) is 23.7 Å². The molecule has 5 aliphatic rings. The van der Waals surface area contributed by atoms with Gasteiger partial charge in [0.05, 0.1) is 11.3 Å². The third-order valence-corrected chi connectivity index (χ3v) is 9.40. The van der Waals surface area contributed by atoms with Crippen LogP contribution in [0.4, 0.5) is 0 Å². The Labute approximate surface area is 189 Å². The topological polar surface area (TPSA) is 46.1 Å². The van der Waals surface area contributed by atoms with Gasteiger partial charge in [0, 0.05) is 23.9 Å². The molecule has 31 heavy (non-hydrogen) atoms. The number of hydrogen-bond donors (Lipinski definition) is 0. The number of amides is 1. The maximum Gasteiger partial charge on any atom is 0.232 e. The summed E-state index contributed by atoms with van der Waals surface area (Å²) in [5, 5.41) is 2.11. The minimum absolute atomic E-state index is 0.181. The van der Waals surface area contributed by atoms with Crippen molar-refractivity contribution >= 4 is 28.6 Å². The summed E-state index contributed by atoms with van der Waals surface area (Å²) < 4.78 is 0. The van der Waals surface area contributed by atoms with Gasteiger partial charge in [-0.3, -0.25) is 4.79 Å². The standard InChI is InChI=1S/C26H33N3OS/c1-17-5-4-8-29(15-17)23(30)16-31-24-21-6-2-3-7-22(21)27-25(28-24)26-12-18-9-19(13-26)11-20(10-18)14-26/h2-3,6-7,17-20H,4-5,8-16H2,1H3/t17-,18?,19?,20?,26?/m1/s1. The Morgan fingerprint density at radius 1 is 1.10 bits per heavy atom. The Hall–Kier alpha value is -1.62. The molecule has 0 spiro atoms. The summed E-state index contributed by atoms with van der Waals surface area (Å²) in [6.07, 6.45) is 10.5. The molecule has 0 unspecified atom stereocenters. The fourth-order valence-electron chi connectivity index (χ4n) is 7.42. The van der Waals surface area contributed by atoms with Gasteiger partial charge in [-0.15, -0.1) is 0 Å². The first-order valence-corrected chi connectivity index (χ1v) is 13.2. The summed E-state index contributed by atoms with van der Waals surface area (Å²) >= 11 is 1.63. The molecule has 7 rings (SSSR count). The second-order valence-electron chi connectivity index (χ2n) is 10.9. The highest BCUT2D eigenvalue weighted by molar-refractivity contribution is 8.00. The quantitative estimate of drug-likeness (QED) is 0.473. The highest BCUT2D eigenvalue weighted by Crippen LogP contribution is 2.60. The first kappa shape index (κ1) is 20.0. The van der Waals surface area contributed by atoms with Crippen LogP contribution in [0.5, 0.6) is 0 Å². The number of benzene rings is 1. The van der Waals surface area contributed by atoms with Crippen LogP contribution in [0.3, 0.4) is 0 Å². The molecule has 4 aliphatic carbocycles. The molecule has 1 aromatic heterocycles. The molecule has 1 saturated heterocycles. The van der Waals surface area contributed by atoms with E-state index in [9.17, 15) is 4.79 Å². The molecular formula is C26H33N3OS. The summed E-state index contributed by atoms with van der Waals surface area (Å²) in [4.78, 5) is 25.3. The number of rotatable bonds is 4. The zero-order valence-corrected chi connectivity index (χ0v) is 19.4. The molecular weight excluding hydrogens is 402 g/mol. The van der Waals surface area contributed by atoms with Crippen LogP contribution in [0.2, 0.25) is 0 Å². The fraction of sp³-hybridized carbons (Fsp3) is 0.654. The van der Waals surface area contributed by atoms with Crippen LogP contribution in [-0.4, -0.2) is 39.6 Å². The van der Waals surface area contributed by atoms with E-state index >= 15 is 0 Å². The van der Waals surface area contributed by atoms with Crippen molar-refractivity contribution in [3.8, 4) is 0 Å². The van der Waals surface area contributed by atoms with E-state index in [-0.39, 0.29) is 11.3 Å². The normalized spacial score (nSPS) is 34.4. The van der Waals surface area contributed by atoms with E-state index in [0.717, 1.165) is 59.0 Å². The van der Waals surface area contributed by atoms with Gasteiger partial charge in [0.2, 0.25) is 5.91 Å². The molecule has 4 saturated carbocycles. The van der Waals surface area contributed by atoms with Crippen LogP contribution in [0.25, 0.3) is 10.9 Å². The highest BCUT2D eigenvalue weighted by Gasteiger charge is 2.53. The molecule has 164 valence electrons. The van der Waals surface area contributed by atoms with Gasteiger partial charge in [-0.1, -0.05) is 36.9 Å². The molecule has 1 aromatic carbocycles. The second-order valence-corrected chi connectivity index (χ2v) is 11.9. The molecule has 0 N–H and O–H groups in total. The number of para-hydroxylation sites is 1.